The van der Waals surface area contributed by atoms with Crippen molar-refractivity contribution in [3.8, 4) is 0 Å². The van der Waals surface area contributed by atoms with Crippen molar-refractivity contribution in [3.63, 3.8) is 0 Å². The van der Waals surface area contributed by atoms with Gasteiger partial charge in [0.25, 0.3) is 5.91 Å². The highest BCUT2D eigenvalue weighted by Gasteiger charge is 2.08. The Kier molecular flexibility index (Phi) is 5.64. The predicted molar refractivity (Wildman–Crippen MR) is 71.4 cm³/mol. The van der Waals surface area contributed by atoms with Crippen LogP contribution in [0.15, 0.2) is 12.1 Å². The van der Waals surface area contributed by atoms with Gasteiger partial charge in [-0.1, -0.05) is 6.92 Å². The zero-order valence-corrected chi connectivity index (χ0v) is 11.6. The molecule has 106 valence electrons. The molecule has 0 bridgehead atoms. The molecule has 1 aromatic rings. The van der Waals surface area contributed by atoms with Crippen LogP contribution in [-0.4, -0.2) is 50.4 Å². The molecular formula is C10H17N5O3S. The van der Waals surface area contributed by atoms with Crippen LogP contribution in [0, 0.1) is 0 Å². The highest BCUT2D eigenvalue weighted by Crippen LogP contribution is 2.01. The van der Waals surface area contributed by atoms with Gasteiger partial charge in [0, 0.05) is 20.1 Å². The summed E-state index contributed by atoms with van der Waals surface area (Å²) in [6.07, 6.45) is 0. The quantitative estimate of drug-likeness (QED) is 0.604. The molecule has 0 saturated heterocycles. The summed E-state index contributed by atoms with van der Waals surface area (Å²) in [4.78, 5) is 11.2. The van der Waals surface area contributed by atoms with Crippen molar-refractivity contribution in [1.29, 1.82) is 0 Å². The van der Waals surface area contributed by atoms with Crippen LogP contribution in [0.2, 0.25) is 0 Å². The van der Waals surface area contributed by atoms with E-state index in [1.807, 2.05) is 0 Å². The minimum atomic E-state index is -3.25. The van der Waals surface area contributed by atoms with Gasteiger partial charge in [-0.3, -0.25) is 4.79 Å². The number of hydrogen-bond acceptors (Lipinski definition) is 6. The number of anilines is 1. The van der Waals surface area contributed by atoms with Crippen LogP contribution in [0.1, 0.15) is 17.4 Å². The molecule has 0 atom stereocenters. The summed E-state index contributed by atoms with van der Waals surface area (Å²) in [5.74, 6) is 0.0350. The van der Waals surface area contributed by atoms with Gasteiger partial charge in [0.15, 0.2) is 5.69 Å². The van der Waals surface area contributed by atoms with Crippen LogP contribution in [0.4, 0.5) is 5.82 Å². The zero-order chi connectivity index (χ0) is 14.3. The number of amides is 1. The fourth-order valence-corrected chi connectivity index (χ4v) is 2.24. The lowest BCUT2D eigenvalue weighted by atomic mass is 10.3. The van der Waals surface area contributed by atoms with E-state index in [4.69, 9.17) is 0 Å². The van der Waals surface area contributed by atoms with Crippen molar-refractivity contribution in [1.82, 2.24) is 20.2 Å². The number of nitrogens with zero attached hydrogens (tertiary/aromatic N) is 2. The third-order valence-electron chi connectivity index (χ3n) is 2.17. The summed E-state index contributed by atoms with van der Waals surface area (Å²) in [6, 6.07) is 3.07. The minimum Gasteiger partial charge on any atom is -0.368 e. The number of nitrogens with one attached hydrogen (secondary N) is 3. The second-order valence-corrected chi connectivity index (χ2v) is 5.55. The number of hydrogen-bond donors (Lipinski definition) is 3. The van der Waals surface area contributed by atoms with Crippen molar-refractivity contribution in [2.24, 2.45) is 0 Å². The molecule has 1 rings (SSSR count). The average Bonchev–Trinajstić information content (AvgIpc) is 2.38. The Morgan fingerprint density at radius 1 is 1.32 bits per heavy atom. The number of aromatic nitrogens is 2. The molecule has 0 aliphatic carbocycles. The van der Waals surface area contributed by atoms with Crippen molar-refractivity contribution in [2.75, 3.05) is 31.2 Å². The van der Waals surface area contributed by atoms with Gasteiger partial charge < -0.3 is 10.6 Å². The molecule has 0 spiro atoms. The Labute approximate surface area is 112 Å². The number of sulfonamides is 1. The second kappa shape index (κ2) is 7.00. The van der Waals surface area contributed by atoms with E-state index in [2.05, 4.69) is 25.6 Å². The van der Waals surface area contributed by atoms with Crippen LogP contribution in [0.3, 0.4) is 0 Å². The Morgan fingerprint density at radius 3 is 2.58 bits per heavy atom. The lowest BCUT2D eigenvalue weighted by Crippen LogP contribution is -2.29. The molecule has 8 nitrogen and oxygen atoms in total. The smallest absolute Gasteiger partial charge is 0.271 e. The van der Waals surface area contributed by atoms with Crippen LogP contribution >= 0.6 is 0 Å². The molecule has 0 fully saturated rings. The molecule has 1 aromatic heterocycles. The van der Waals surface area contributed by atoms with Crippen molar-refractivity contribution in [3.05, 3.63) is 17.8 Å². The molecule has 0 radical (unpaired) electrons. The average molecular weight is 287 g/mol. The Bertz CT molecular complexity index is 514. The fourth-order valence-electron chi connectivity index (χ4n) is 1.28. The molecule has 1 heterocycles. The van der Waals surface area contributed by atoms with Gasteiger partial charge in [-0.25, -0.2) is 13.1 Å². The van der Waals surface area contributed by atoms with Gasteiger partial charge in [0.05, 0.1) is 5.75 Å². The van der Waals surface area contributed by atoms with Gasteiger partial charge in [-0.15, -0.1) is 10.2 Å². The van der Waals surface area contributed by atoms with E-state index in [-0.39, 0.29) is 23.9 Å². The molecule has 0 aliphatic rings. The van der Waals surface area contributed by atoms with E-state index in [0.717, 1.165) is 0 Å². The van der Waals surface area contributed by atoms with Crippen LogP contribution < -0.4 is 15.4 Å². The SMILES string of the molecule is CCNS(=O)(=O)CCNc1ccc(C(=O)NC)nn1. The predicted octanol–water partition coefficient (Wildman–Crippen LogP) is -0.813. The monoisotopic (exact) mass is 287 g/mol. The maximum Gasteiger partial charge on any atom is 0.271 e. The molecule has 0 saturated carbocycles. The third kappa shape index (κ3) is 5.18. The lowest BCUT2D eigenvalue weighted by molar-refractivity contribution is 0.0957. The highest BCUT2D eigenvalue weighted by atomic mass is 32.2. The van der Waals surface area contributed by atoms with E-state index < -0.39 is 10.0 Å². The topological polar surface area (TPSA) is 113 Å². The fraction of sp³-hybridized carbons (Fsp3) is 0.500. The molecule has 19 heavy (non-hydrogen) atoms. The first-order valence-corrected chi connectivity index (χ1v) is 7.40. The van der Waals surface area contributed by atoms with E-state index in [9.17, 15) is 13.2 Å². The Hall–Kier alpha value is -1.74. The summed E-state index contributed by atoms with van der Waals surface area (Å²) in [5, 5.41) is 12.7. The second-order valence-electron chi connectivity index (χ2n) is 3.63. The number of carbonyl (C=O) groups excluding carboxylic acids is 1. The molecular weight excluding hydrogens is 270 g/mol. The van der Waals surface area contributed by atoms with Crippen LogP contribution in [-0.2, 0) is 10.0 Å². The van der Waals surface area contributed by atoms with E-state index >= 15 is 0 Å². The molecule has 0 aromatic carbocycles. The zero-order valence-electron chi connectivity index (χ0n) is 10.8. The molecule has 0 aliphatic heterocycles. The normalized spacial score (nSPS) is 11.1. The van der Waals surface area contributed by atoms with Crippen LogP contribution in [0.5, 0.6) is 0 Å². The van der Waals surface area contributed by atoms with E-state index in [0.29, 0.717) is 12.4 Å². The molecule has 3 N–H and O–H groups in total. The summed E-state index contributed by atoms with van der Waals surface area (Å²) in [5.41, 5.74) is 0.202. The lowest BCUT2D eigenvalue weighted by Gasteiger charge is -2.06. The summed E-state index contributed by atoms with van der Waals surface area (Å²) < 4.78 is 25.1. The number of rotatable bonds is 7. The molecule has 0 unspecified atom stereocenters. The first kappa shape index (κ1) is 15.3. The number of carbonyl (C=O) groups is 1. The first-order valence-electron chi connectivity index (χ1n) is 5.75. The van der Waals surface area contributed by atoms with Crippen molar-refractivity contribution in [2.45, 2.75) is 6.92 Å². The molecule has 9 heteroatoms. The summed E-state index contributed by atoms with van der Waals surface area (Å²) in [6.45, 7) is 2.29. The maximum absolute atomic E-state index is 11.4. The third-order valence-corrected chi connectivity index (χ3v) is 3.64. The van der Waals surface area contributed by atoms with E-state index in [1.165, 1.54) is 13.1 Å². The van der Waals surface area contributed by atoms with Crippen molar-refractivity contribution < 1.29 is 13.2 Å². The first-order chi connectivity index (χ1) is 8.98. The standard InChI is InChI=1S/C10H17N5O3S/c1-3-13-19(17,18)7-6-12-9-5-4-8(14-15-9)10(16)11-2/h4-5,13H,3,6-7H2,1-2H3,(H,11,16)(H,12,15). The highest BCUT2D eigenvalue weighted by molar-refractivity contribution is 7.89. The van der Waals surface area contributed by atoms with Gasteiger partial charge in [-0.2, -0.15) is 0 Å². The van der Waals surface area contributed by atoms with Gasteiger partial charge in [0.1, 0.15) is 5.82 Å². The largest absolute Gasteiger partial charge is 0.368 e. The summed E-state index contributed by atoms with van der Waals surface area (Å²) in [7, 11) is -1.75. The Balaban J connectivity index is 2.49. The van der Waals surface area contributed by atoms with Crippen LogP contribution in [0.25, 0.3) is 0 Å². The molecule has 1 amide bonds. The minimum absolute atomic E-state index is 0.0558. The van der Waals surface area contributed by atoms with Gasteiger partial charge in [0.2, 0.25) is 10.0 Å². The maximum atomic E-state index is 11.4. The van der Waals surface area contributed by atoms with E-state index in [1.54, 1.807) is 13.0 Å². The van der Waals surface area contributed by atoms with Gasteiger partial charge in [-0.05, 0) is 12.1 Å². The Morgan fingerprint density at radius 2 is 2.05 bits per heavy atom. The summed E-state index contributed by atoms with van der Waals surface area (Å²) >= 11 is 0. The van der Waals surface area contributed by atoms with Gasteiger partial charge >= 0.3 is 0 Å². The van der Waals surface area contributed by atoms with Crippen molar-refractivity contribution >= 4 is 21.7 Å².